The first-order chi connectivity index (χ1) is 7.67. The van der Waals surface area contributed by atoms with Crippen LogP contribution < -0.4 is 0 Å². The highest BCUT2D eigenvalue weighted by atomic mass is 16.6. The molecule has 0 spiro atoms. The minimum Gasteiger partial charge on any atom is -0.444 e. The third kappa shape index (κ3) is 3.46. The predicted molar refractivity (Wildman–Crippen MR) is 66.7 cm³/mol. The van der Waals surface area contributed by atoms with E-state index in [1.165, 1.54) is 0 Å². The molecule has 4 heteroatoms. The third-order valence-electron chi connectivity index (χ3n) is 2.52. The summed E-state index contributed by atoms with van der Waals surface area (Å²) in [5.74, 6) is 0. The molecule has 4 nitrogen and oxygen atoms in total. The Balaban J connectivity index is 2.86. The van der Waals surface area contributed by atoms with E-state index >= 15 is 0 Å². The summed E-state index contributed by atoms with van der Waals surface area (Å²) in [6, 6.07) is -0.0511. The fraction of sp³-hybridized carbons (Fsp3) is 0.769. The molecule has 1 heterocycles. The molecule has 0 radical (unpaired) electrons. The van der Waals surface area contributed by atoms with Gasteiger partial charge in [-0.1, -0.05) is 12.2 Å². The number of carbonyl (C=O) groups excluding carboxylic acids is 1. The molecule has 0 aliphatic carbocycles. The summed E-state index contributed by atoms with van der Waals surface area (Å²) in [5.41, 5.74) is -1.11. The average molecular weight is 241 g/mol. The van der Waals surface area contributed by atoms with Crippen molar-refractivity contribution in [3.8, 4) is 0 Å². The molecule has 0 N–H and O–H groups in total. The van der Waals surface area contributed by atoms with Crippen molar-refractivity contribution in [2.45, 2.75) is 58.9 Å². The summed E-state index contributed by atoms with van der Waals surface area (Å²) in [4.78, 5) is 13.8. The number of hydrogen-bond acceptors (Lipinski definition) is 3. The summed E-state index contributed by atoms with van der Waals surface area (Å²) >= 11 is 0. The van der Waals surface area contributed by atoms with Crippen molar-refractivity contribution >= 4 is 6.09 Å². The molecule has 1 fully saturated rings. The highest BCUT2D eigenvalue weighted by molar-refractivity contribution is 5.70. The Morgan fingerprint density at radius 3 is 2.53 bits per heavy atom. The van der Waals surface area contributed by atoms with Gasteiger partial charge < -0.3 is 9.47 Å². The zero-order valence-electron chi connectivity index (χ0n) is 11.6. The monoisotopic (exact) mass is 241 g/mol. The number of ether oxygens (including phenoxy) is 2. The van der Waals surface area contributed by atoms with Crippen molar-refractivity contribution in [1.29, 1.82) is 0 Å². The van der Waals surface area contributed by atoms with Crippen LogP contribution in [0.3, 0.4) is 0 Å². The minimum absolute atomic E-state index is 0.0511. The quantitative estimate of drug-likeness (QED) is 0.662. The van der Waals surface area contributed by atoms with Gasteiger partial charge in [0.05, 0.1) is 12.6 Å². The maximum atomic E-state index is 12.2. The maximum Gasteiger partial charge on any atom is 0.413 e. The van der Waals surface area contributed by atoms with E-state index < -0.39 is 11.3 Å². The fourth-order valence-electron chi connectivity index (χ4n) is 1.86. The van der Waals surface area contributed by atoms with Crippen molar-refractivity contribution in [1.82, 2.24) is 4.90 Å². The molecule has 1 rings (SSSR count). The second-order valence-electron chi connectivity index (χ2n) is 5.70. The molecule has 98 valence electrons. The number of allylic oxidation sites excluding steroid dienone is 1. The summed E-state index contributed by atoms with van der Waals surface area (Å²) in [6.07, 6.45) is 3.55. The molecule has 1 amide bonds. The smallest absolute Gasteiger partial charge is 0.413 e. The molecule has 0 unspecified atom stereocenters. The summed E-state index contributed by atoms with van der Waals surface area (Å²) in [5, 5.41) is 0. The van der Waals surface area contributed by atoms with E-state index in [-0.39, 0.29) is 12.1 Å². The van der Waals surface area contributed by atoms with Gasteiger partial charge in [-0.3, -0.25) is 4.90 Å². The van der Waals surface area contributed by atoms with Crippen LogP contribution in [0.25, 0.3) is 0 Å². The highest BCUT2D eigenvalue weighted by Gasteiger charge is 2.44. The summed E-state index contributed by atoms with van der Waals surface area (Å²) in [7, 11) is 0. The van der Waals surface area contributed by atoms with Gasteiger partial charge in [-0.15, -0.1) is 0 Å². The van der Waals surface area contributed by atoms with Crippen LogP contribution in [-0.4, -0.2) is 35.0 Å². The highest BCUT2D eigenvalue weighted by Crippen LogP contribution is 2.29. The zero-order chi connectivity index (χ0) is 13.3. The van der Waals surface area contributed by atoms with E-state index in [9.17, 15) is 4.79 Å². The van der Waals surface area contributed by atoms with Crippen molar-refractivity contribution in [2.24, 2.45) is 0 Å². The molecule has 1 saturated heterocycles. The minimum atomic E-state index is -0.619. The Bertz CT molecular complexity index is 315. The van der Waals surface area contributed by atoms with Crippen molar-refractivity contribution in [3.05, 3.63) is 12.2 Å². The molecule has 0 aromatic rings. The third-order valence-corrected chi connectivity index (χ3v) is 2.52. The van der Waals surface area contributed by atoms with Gasteiger partial charge in [-0.25, -0.2) is 4.79 Å². The number of rotatable bonds is 1. The van der Waals surface area contributed by atoms with E-state index in [0.717, 1.165) is 0 Å². The van der Waals surface area contributed by atoms with E-state index in [1.54, 1.807) is 4.90 Å². The molecule has 1 aliphatic heterocycles. The van der Waals surface area contributed by atoms with Gasteiger partial charge in [0.2, 0.25) is 0 Å². The Labute approximate surface area is 104 Å². The number of nitrogens with zero attached hydrogens (tertiary/aromatic N) is 1. The second kappa shape index (κ2) is 4.69. The van der Waals surface area contributed by atoms with Gasteiger partial charge in [0, 0.05) is 0 Å². The number of carbonyl (C=O) groups is 1. The first-order valence-corrected chi connectivity index (χ1v) is 5.96. The first-order valence-electron chi connectivity index (χ1n) is 5.96. The van der Waals surface area contributed by atoms with E-state index in [4.69, 9.17) is 9.47 Å². The topological polar surface area (TPSA) is 38.8 Å². The molecule has 1 aliphatic rings. The predicted octanol–water partition coefficient (Wildman–Crippen LogP) is 2.93. The maximum absolute atomic E-state index is 12.2. The molecule has 0 saturated carbocycles. The van der Waals surface area contributed by atoms with Crippen LogP contribution in [0.5, 0.6) is 0 Å². The summed E-state index contributed by atoms with van der Waals surface area (Å²) in [6.45, 7) is 11.8. The van der Waals surface area contributed by atoms with Crippen LogP contribution in [0, 0.1) is 0 Å². The standard InChI is InChI=1S/C13H23NO3/c1-7-8-10-9-16-13(5,6)14(10)11(15)17-12(2,3)4/h7-8,10H,9H2,1-6H3/b8-7-/t10-/m1/s1. The lowest BCUT2D eigenvalue weighted by molar-refractivity contribution is -0.0610. The molecule has 0 aromatic carbocycles. The second-order valence-corrected chi connectivity index (χ2v) is 5.70. The molecular formula is C13H23NO3. The zero-order valence-corrected chi connectivity index (χ0v) is 11.6. The molecule has 0 aromatic heterocycles. The largest absolute Gasteiger partial charge is 0.444 e. The SMILES string of the molecule is C/C=C\[C@@H]1COC(C)(C)N1C(=O)OC(C)(C)C. The van der Waals surface area contributed by atoms with Crippen LogP contribution in [0.1, 0.15) is 41.5 Å². The van der Waals surface area contributed by atoms with Gasteiger partial charge in [0.25, 0.3) is 0 Å². The van der Waals surface area contributed by atoms with Gasteiger partial charge >= 0.3 is 6.09 Å². The summed E-state index contributed by atoms with van der Waals surface area (Å²) < 4.78 is 11.0. The lowest BCUT2D eigenvalue weighted by Gasteiger charge is -2.34. The van der Waals surface area contributed by atoms with Crippen LogP contribution in [-0.2, 0) is 9.47 Å². The Morgan fingerprint density at radius 1 is 1.47 bits per heavy atom. The molecule has 1 atom stereocenters. The van der Waals surface area contributed by atoms with Crippen molar-refractivity contribution in [2.75, 3.05) is 6.61 Å². The Morgan fingerprint density at radius 2 is 2.06 bits per heavy atom. The van der Waals surface area contributed by atoms with Crippen molar-refractivity contribution in [3.63, 3.8) is 0 Å². The van der Waals surface area contributed by atoms with Crippen LogP contribution in [0.4, 0.5) is 4.79 Å². The lowest BCUT2D eigenvalue weighted by Crippen LogP contribution is -2.49. The average Bonchev–Trinajstić information content (AvgIpc) is 2.39. The molecule has 0 bridgehead atoms. The van der Waals surface area contributed by atoms with E-state index in [2.05, 4.69) is 0 Å². The number of hydrogen-bond donors (Lipinski definition) is 0. The van der Waals surface area contributed by atoms with Crippen molar-refractivity contribution < 1.29 is 14.3 Å². The van der Waals surface area contributed by atoms with Gasteiger partial charge in [-0.2, -0.15) is 0 Å². The van der Waals surface area contributed by atoms with E-state index in [1.807, 2.05) is 53.7 Å². The van der Waals surface area contributed by atoms with Crippen LogP contribution in [0.2, 0.25) is 0 Å². The van der Waals surface area contributed by atoms with Gasteiger partial charge in [0.15, 0.2) is 0 Å². The lowest BCUT2D eigenvalue weighted by atomic mass is 10.2. The molecular weight excluding hydrogens is 218 g/mol. The van der Waals surface area contributed by atoms with Crippen LogP contribution in [0.15, 0.2) is 12.2 Å². The fourth-order valence-corrected chi connectivity index (χ4v) is 1.86. The Kier molecular flexibility index (Phi) is 3.87. The van der Waals surface area contributed by atoms with E-state index in [0.29, 0.717) is 6.61 Å². The molecule has 17 heavy (non-hydrogen) atoms. The van der Waals surface area contributed by atoms with Gasteiger partial charge in [0.1, 0.15) is 11.3 Å². The number of amides is 1. The first kappa shape index (κ1) is 14.0. The Hall–Kier alpha value is -1.03. The normalized spacial score (nSPS) is 24.4. The van der Waals surface area contributed by atoms with Gasteiger partial charge in [-0.05, 0) is 41.5 Å². The van der Waals surface area contributed by atoms with Crippen LogP contribution >= 0.6 is 0 Å².